The molecule has 4 N–H and O–H groups in total. The third-order valence-corrected chi connectivity index (χ3v) is 3.03. The van der Waals surface area contributed by atoms with Gasteiger partial charge in [-0.1, -0.05) is 15.9 Å². The predicted molar refractivity (Wildman–Crippen MR) is 81.7 cm³/mol. The van der Waals surface area contributed by atoms with Crippen molar-refractivity contribution in [3.05, 3.63) is 58.1 Å². The standard InChI is InChI=1S/C14H12BrN3O2/c15-11-4-1-10(13(19)7-11)8-17-18-14(20)9-2-5-12(16)6-3-9/h1-8,19H,16H2,(H,18,20)/b17-8+. The lowest BCUT2D eigenvalue weighted by atomic mass is 10.2. The first-order valence-electron chi connectivity index (χ1n) is 5.74. The molecule has 0 spiro atoms. The molecule has 1 amide bonds. The zero-order valence-corrected chi connectivity index (χ0v) is 12.0. The Morgan fingerprint density at radius 1 is 1.25 bits per heavy atom. The molecule has 0 aromatic heterocycles. The Hall–Kier alpha value is -2.34. The fraction of sp³-hybridized carbons (Fsp3) is 0. The average Bonchev–Trinajstić information content (AvgIpc) is 2.42. The lowest BCUT2D eigenvalue weighted by molar-refractivity contribution is 0.0955. The van der Waals surface area contributed by atoms with E-state index in [1.165, 1.54) is 6.21 Å². The number of halogens is 1. The molecule has 0 heterocycles. The number of amides is 1. The Morgan fingerprint density at radius 3 is 2.60 bits per heavy atom. The molecule has 0 bridgehead atoms. The molecule has 0 aliphatic rings. The molecule has 5 nitrogen and oxygen atoms in total. The summed E-state index contributed by atoms with van der Waals surface area (Å²) in [5.74, 6) is -0.275. The molecule has 0 saturated heterocycles. The topological polar surface area (TPSA) is 87.7 Å². The van der Waals surface area contributed by atoms with E-state index >= 15 is 0 Å². The summed E-state index contributed by atoms with van der Waals surface area (Å²) in [5, 5.41) is 13.5. The van der Waals surface area contributed by atoms with E-state index in [-0.39, 0.29) is 11.7 Å². The van der Waals surface area contributed by atoms with Gasteiger partial charge >= 0.3 is 0 Å². The maximum atomic E-state index is 11.7. The second kappa shape index (κ2) is 6.21. The molecule has 2 rings (SSSR count). The number of hydrazone groups is 1. The highest BCUT2D eigenvalue weighted by Crippen LogP contribution is 2.20. The van der Waals surface area contributed by atoms with E-state index in [0.29, 0.717) is 16.8 Å². The summed E-state index contributed by atoms with van der Waals surface area (Å²) in [4.78, 5) is 11.7. The molecular formula is C14H12BrN3O2. The van der Waals surface area contributed by atoms with Gasteiger partial charge in [0.1, 0.15) is 5.75 Å². The van der Waals surface area contributed by atoms with Crippen LogP contribution in [0.25, 0.3) is 0 Å². The summed E-state index contributed by atoms with van der Waals surface area (Å²) in [7, 11) is 0. The first-order chi connectivity index (χ1) is 9.56. The van der Waals surface area contributed by atoms with E-state index in [1.807, 2.05) is 0 Å². The number of hydrogen-bond donors (Lipinski definition) is 3. The van der Waals surface area contributed by atoms with Gasteiger partial charge in [0, 0.05) is 21.3 Å². The smallest absolute Gasteiger partial charge is 0.271 e. The van der Waals surface area contributed by atoms with Crippen molar-refractivity contribution in [2.75, 3.05) is 5.73 Å². The van der Waals surface area contributed by atoms with Crippen molar-refractivity contribution in [1.82, 2.24) is 5.43 Å². The van der Waals surface area contributed by atoms with Crippen LogP contribution in [-0.4, -0.2) is 17.2 Å². The Labute approximate surface area is 124 Å². The molecule has 20 heavy (non-hydrogen) atoms. The summed E-state index contributed by atoms with van der Waals surface area (Å²) < 4.78 is 0.762. The minimum absolute atomic E-state index is 0.0739. The molecular weight excluding hydrogens is 322 g/mol. The van der Waals surface area contributed by atoms with E-state index in [9.17, 15) is 9.90 Å². The highest BCUT2D eigenvalue weighted by atomic mass is 79.9. The van der Waals surface area contributed by atoms with Gasteiger partial charge in [-0.2, -0.15) is 5.10 Å². The van der Waals surface area contributed by atoms with Crippen molar-refractivity contribution >= 4 is 33.7 Å². The molecule has 0 aliphatic carbocycles. The Morgan fingerprint density at radius 2 is 1.95 bits per heavy atom. The van der Waals surface area contributed by atoms with Crippen LogP contribution < -0.4 is 11.2 Å². The molecule has 0 unspecified atom stereocenters. The van der Waals surface area contributed by atoms with E-state index in [0.717, 1.165) is 4.47 Å². The van der Waals surface area contributed by atoms with E-state index < -0.39 is 0 Å². The zero-order chi connectivity index (χ0) is 14.5. The van der Waals surface area contributed by atoms with Crippen LogP contribution in [0, 0.1) is 0 Å². The van der Waals surface area contributed by atoms with Crippen molar-refractivity contribution in [3.63, 3.8) is 0 Å². The number of benzene rings is 2. The maximum Gasteiger partial charge on any atom is 0.271 e. The monoisotopic (exact) mass is 333 g/mol. The zero-order valence-electron chi connectivity index (χ0n) is 10.4. The van der Waals surface area contributed by atoms with Gasteiger partial charge in [-0.25, -0.2) is 5.43 Å². The molecule has 0 saturated carbocycles. The summed E-state index contributed by atoms with van der Waals surface area (Å²) in [6, 6.07) is 11.5. The number of phenolic OH excluding ortho intramolecular Hbond substituents is 1. The van der Waals surface area contributed by atoms with Crippen molar-refractivity contribution in [2.24, 2.45) is 5.10 Å². The Balaban J connectivity index is 2.02. The SMILES string of the molecule is Nc1ccc(C(=O)N/N=C/c2ccc(Br)cc2O)cc1. The van der Waals surface area contributed by atoms with Gasteiger partial charge in [0.05, 0.1) is 6.21 Å². The quantitative estimate of drug-likeness (QED) is 0.458. The Kier molecular flexibility index (Phi) is 4.37. The molecule has 2 aromatic carbocycles. The van der Waals surface area contributed by atoms with Gasteiger partial charge in [0.15, 0.2) is 0 Å². The van der Waals surface area contributed by atoms with Crippen LogP contribution in [0.1, 0.15) is 15.9 Å². The first-order valence-corrected chi connectivity index (χ1v) is 6.53. The molecule has 0 atom stereocenters. The number of phenols is 1. The largest absolute Gasteiger partial charge is 0.507 e. The number of aromatic hydroxyl groups is 1. The van der Waals surface area contributed by atoms with Crippen LogP contribution in [-0.2, 0) is 0 Å². The van der Waals surface area contributed by atoms with Gasteiger partial charge in [-0.05, 0) is 42.5 Å². The van der Waals surface area contributed by atoms with Crippen LogP contribution in [0.15, 0.2) is 52.0 Å². The average molecular weight is 334 g/mol. The number of rotatable bonds is 3. The second-order valence-corrected chi connectivity index (χ2v) is 4.94. The molecule has 0 radical (unpaired) electrons. The number of hydrogen-bond acceptors (Lipinski definition) is 4. The number of carbonyl (C=O) groups excluding carboxylic acids is 1. The summed E-state index contributed by atoms with van der Waals surface area (Å²) in [6.45, 7) is 0. The normalized spacial score (nSPS) is 10.7. The van der Waals surface area contributed by atoms with E-state index in [4.69, 9.17) is 5.73 Å². The van der Waals surface area contributed by atoms with Crippen molar-refractivity contribution in [1.29, 1.82) is 0 Å². The van der Waals surface area contributed by atoms with Crippen LogP contribution in [0.4, 0.5) is 5.69 Å². The number of anilines is 1. The van der Waals surface area contributed by atoms with Crippen LogP contribution in [0.5, 0.6) is 5.75 Å². The Bertz CT molecular complexity index is 654. The molecule has 0 fully saturated rings. The minimum Gasteiger partial charge on any atom is -0.507 e. The molecule has 102 valence electrons. The summed E-state index contributed by atoms with van der Waals surface area (Å²) in [6.07, 6.45) is 1.37. The second-order valence-electron chi connectivity index (χ2n) is 4.02. The van der Waals surface area contributed by atoms with Crippen LogP contribution in [0.2, 0.25) is 0 Å². The third kappa shape index (κ3) is 3.58. The number of nitrogen functional groups attached to an aromatic ring is 1. The van der Waals surface area contributed by atoms with E-state index in [2.05, 4.69) is 26.5 Å². The lowest BCUT2D eigenvalue weighted by Crippen LogP contribution is -2.17. The van der Waals surface area contributed by atoms with Crippen molar-refractivity contribution in [2.45, 2.75) is 0 Å². The number of nitrogens with two attached hydrogens (primary N) is 1. The predicted octanol–water partition coefficient (Wildman–Crippen LogP) is 2.50. The number of nitrogens with one attached hydrogen (secondary N) is 1. The fourth-order valence-electron chi connectivity index (χ4n) is 1.49. The summed E-state index contributed by atoms with van der Waals surface area (Å²) in [5.41, 5.74) is 9.46. The summed E-state index contributed by atoms with van der Waals surface area (Å²) >= 11 is 3.24. The highest BCUT2D eigenvalue weighted by Gasteiger charge is 2.03. The molecule has 6 heteroatoms. The highest BCUT2D eigenvalue weighted by molar-refractivity contribution is 9.10. The molecule has 2 aromatic rings. The van der Waals surface area contributed by atoms with E-state index in [1.54, 1.807) is 42.5 Å². The number of carbonyl (C=O) groups is 1. The molecule has 0 aliphatic heterocycles. The number of nitrogens with zero attached hydrogens (tertiary/aromatic N) is 1. The van der Waals surface area contributed by atoms with Gasteiger partial charge < -0.3 is 10.8 Å². The van der Waals surface area contributed by atoms with Gasteiger partial charge in [-0.15, -0.1) is 0 Å². The van der Waals surface area contributed by atoms with Crippen LogP contribution >= 0.6 is 15.9 Å². The van der Waals surface area contributed by atoms with Crippen molar-refractivity contribution in [3.8, 4) is 5.75 Å². The van der Waals surface area contributed by atoms with Gasteiger partial charge in [0.25, 0.3) is 5.91 Å². The van der Waals surface area contributed by atoms with Gasteiger partial charge in [-0.3, -0.25) is 4.79 Å². The lowest BCUT2D eigenvalue weighted by Gasteiger charge is -2.01. The maximum absolute atomic E-state index is 11.7. The van der Waals surface area contributed by atoms with Crippen molar-refractivity contribution < 1.29 is 9.90 Å². The van der Waals surface area contributed by atoms with Gasteiger partial charge in [0.2, 0.25) is 0 Å². The third-order valence-electron chi connectivity index (χ3n) is 2.54. The fourth-order valence-corrected chi connectivity index (χ4v) is 1.83. The first kappa shape index (κ1) is 14.1. The van der Waals surface area contributed by atoms with Crippen LogP contribution in [0.3, 0.4) is 0 Å². The minimum atomic E-state index is -0.349.